The zero-order valence-corrected chi connectivity index (χ0v) is 20.1. The van der Waals surface area contributed by atoms with Crippen LogP contribution in [0.1, 0.15) is 26.5 Å². The number of nitrogens with zero attached hydrogens (tertiary/aromatic N) is 1. The van der Waals surface area contributed by atoms with E-state index in [0.717, 1.165) is 16.8 Å². The van der Waals surface area contributed by atoms with E-state index in [4.69, 9.17) is 30.5 Å². The Morgan fingerprint density at radius 2 is 1.58 bits per heavy atom. The minimum absolute atomic E-state index is 0.265. The highest BCUT2D eigenvalue weighted by atomic mass is 35.5. The van der Waals surface area contributed by atoms with Gasteiger partial charge >= 0.3 is 17.9 Å². The quantitative estimate of drug-likeness (QED) is 0.437. The van der Waals surface area contributed by atoms with Gasteiger partial charge < -0.3 is 18.9 Å². The number of thioether (sulfide) groups is 1. The lowest BCUT2D eigenvalue weighted by Crippen LogP contribution is -2.55. The average molecular weight is 494 g/mol. The Labute approximate surface area is 200 Å². The van der Waals surface area contributed by atoms with Crippen molar-refractivity contribution in [2.45, 2.75) is 51.4 Å². The molecule has 1 aliphatic rings. The maximum atomic E-state index is 11.8. The van der Waals surface area contributed by atoms with E-state index >= 15 is 0 Å². The Morgan fingerprint density at radius 3 is 2.21 bits per heavy atom. The molecule has 0 spiro atoms. The standard InChI is InChI=1S/C23H24ClNO7S/c1-12-9-17(7-8-25-12)16-5-6-18(24)19(10-16)32-23-22(31-15(4)28)21(30-14(3)27)20(11-33-23)29-13(2)26/h5-10,20-23H,11H2,1-4H3/t20-,21+,22-,23-/m1/s1. The van der Waals surface area contributed by atoms with Crippen LogP contribution in [0.5, 0.6) is 5.75 Å². The third-order valence-corrected chi connectivity index (χ3v) is 6.24. The molecule has 1 aliphatic heterocycles. The molecular weight excluding hydrogens is 470 g/mol. The predicted molar refractivity (Wildman–Crippen MR) is 123 cm³/mol. The number of pyridine rings is 1. The zero-order valence-electron chi connectivity index (χ0n) is 18.6. The summed E-state index contributed by atoms with van der Waals surface area (Å²) in [7, 11) is 0. The molecule has 0 unspecified atom stereocenters. The maximum absolute atomic E-state index is 11.8. The van der Waals surface area contributed by atoms with Crippen molar-refractivity contribution in [3.05, 3.63) is 47.2 Å². The van der Waals surface area contributed by atoms with Gasteiger partial charge in [0.05, 0.1) is 5.02 Å². The van der Waals surface area contributed by atoms with Gasteiger partial charge in [-0.05, 0) is 42.3 Å². The highest BCUT2D eigenvalue weighted by molar-refractivity contribution is 7.99. The Hall–Kier alpha value is -2.78. The number of aromatic nitrogens is 1. The van der Waals surface area contributed by atoms with E-state index in [0.29, 0.717) is 10.8 Å². The first-order valence-corrected chi connectivity index (χ1v) is 11.6. The molecular formula is C23H24ClNO7S. The Bertz CT molecular complexity index is 1050. The summed E-state index contributed by atoms with van der Waals surface area (Å²) >= 11 is 7.66. The second-order valence-corrected chi connectivity index (χ2v) is 8.99. The van der Waals surface area contributed by atoms with Gasteiger partial charge in [0, 0.05) is 38.4 Å². The van der Waals surface area contributed by atoms with Crippen molar-refractivity contribution in [3.63, 3.8) is 0 Å². The number of halogens is 1. The molecule has 1 aromatic heterocycles. The smallest absolute Gasteiger partial charge is 0.303 e. The summed E-state index contributed by atoms with van der Waals surface area (Å²) in [6.07, 6.45) is -1.15. The number of carbonyl (C=O) groups excluding carboxylic acids is 3. The van der Waals surface area contributed by atoms with Crippen LogP contribution in [0.2, 0.25) is 5.02 Å². The summed E-state index contributed by atoms with van der Waals surface area (Å²) in [6.45, 7) is 5.62. The van der Waals surface area contributed by atoms with Crippen LogP contribution in [0.25, 0.3) is 11.1 Å². The van der Waals surface area contributed by atoms with Crippen LogP contribution in [-0.4, -0.2) is 52.4 Å². The van der Waals surface area contributed by atoms with Gasteiger partial charge in [-0.3, -0.25) is 19.4 Å². The zero-order chi connectivity index (χ0) is 24.1. The van der Waals surface area contributed by atoms with Crippen LogP contribution in [0.3, 0.4) is 0 Å². The molecule has 4 atom stereocenters. The lowest BCUT2D eigenvalue weighted by molar-refractivity contribution is -0.186. The molecule has 176 valence electrons. The van der Waals surface area contributed by atoms with Crippen LogP contribution in [0.15, 0.2) is 36.5 Å². The van der Waals surface area contributed by atoms with Gasteiger partial charge in [-0.2, -0.15) is 0 Å². The predicted octanol–water partition coefficient (Wildman–Crippen LogP) is 3.96. The summed E-state index contributed by atoms with van der Waals surface area (Å²) in [5, 5.41) is 0.359. The highest BCUT2D eigenvalue weighted by Crippen LogP contribution is 2.38. The Morgan fingerprint density at radius 1 is 0.939 bits per heavy atom. The molecule has 1 saturated heterocycles. The van der Waals surface area contributed by atoms with Crippen LogP contribution in [0, 0.1) is 6.92 Å². The van der Waals surface area contributed by atoms with E-state index in [1.54, 1.807) is 18.3 Å². The fourth-order valence-corrected chi connectivity index (χ4v) is 4.80. The first kappa shape index (κ1) is 24.9. The van der Waals surface area contributed by atoms with Crippen molar-refractivity contribution in [2.24, 2.45) is 0 Å². The lowest BCUT2D eigenvalue weighted by atomic mass is 10.1. The fourth-order valence-electron chi connectivity index (χ4n) is 3.43. The summed E-state index contributed by atoms with van der Waals surface area (Å²) in [5.74, 6) is -1.11. The monoisotopic (exact) mass is 493 g/mol. The van der Waals surface area contributed by atoms with E-state index in [1.807, 2.05) is 25.1 Å². The molecule has 0 bridgehead atoms. The van der Waals surface area contributed by atoms with Gasteiger partial charge in [-0.25, -0.2) is 0 Å². The largest absolute Gasteiger partial charge is 0.474 e. The van der Waals surface area contributed by atoms with E-state index in [1.165, 1.54) is 32.5 Å². The first-order chi connectivity index (χ1) is 15.6. The molecule has 1 aromatic carbocycles. The molecule has 0 N–H and O–H groups in total. The maximum Gasteiger partial charge on any atom is 0.303 e. The molecule has 0 radical (unpaired) electrons. The van der Waals surface area contributed by atoms with E-state index in [-0.39, 0.29) is 5.75 Å². The van der Waals surface area contributed by atoms with Crippen molar-refractivity contribution >= 4 is 41.3 Å². The van der Waals surface area contributed by atoms with Crippen molar-refractivity contribution in [1.82, 2.24) is 4.98 Å². The average Bonchev–Trinajstić information content (AvgIpc) is 2.72. The lowest BCUT2D eigenvalue weighted by Gasteiger charge is -2.40. The molecule has 33 heavy (non-hydrogen) atoms. The number of benzene rings is 1. The van der Waals surface area contributed by atoms with E-state index < -0.39 is 41.7 Å². The van der Waals surface area contributed by atoms with Gasteiger partial charge in [0.25, 0.3) is 0 Å². The number of carbonyl (C=O) groups is 3. The van der Waals surface area contributed by atoms with Crippen LogP contribution in [-0.2, 0) is 28.6 Å². The van der Waals surface area contributed by atoms with Crippen molar-refractivity contribution in [2.75, 3.05) is 5.75 Å². The summed E-state index contributed by atoms with van der Waals surface area (Å²) in [4.78, 5) is 39.3. The van der Waals surface area contributed by atoms with E-state index in [2.05, 4.69) is 4.98 Å². The topological polar surface area (TPSA) is 101 Å². The molecule has 3 rings (SSSR count). The van der Waals surface area contributed by atoms with Crippen molar-refractivity contribution in [3.8, 4) is 16.9 Å². The van der Waals surface area contributed by atoms with Crippen LogP contribution in [0.4, 0.5) is 0 Å². The Balaban J connectivity index is 1.92. The number of rotatable bonds is 6. The molecule has 2 heterocycles. The number of hydrogen-bond donors (Lipinski definition) is 0. The third kappa shape index (κ3) is 6.61. The van der Waals surface area contributed by atoms with Gasteiger partial charge in [0.2, 0.25) is 0 Å². The number of hydrogen-bond acceptors (Lipinski definition) is 9. The number of esters is 3. The van der Waals surface area contributed by atoms with E-state index in [9.17, 15) is 14.4 Å². The van der Waals surface area contributed by atoms with Gasteiger partial charge in [-0.15, -0.1) is 11.8 Å². The normalized spacial score (nSPS) is 22.2. The molecule has 0 saturated carbocycles. The minimum Gasteiger partial charge on any atom is -0.474 e. The van der Waals surface area contributed by atoms with Gasteiger partial charge in [-0.1, -0.05) is 17.7 Å². The summed E-state index contributed by atoms with van der Waals surface area (Å²) in [5.41, 5.74) is 1.89. The molecule has 0 amide bonds. The molecule has 1 fully saturated rings. The van der Waals surface area contributed by atoms with Gasteiger partial charge in [0.15, 0.2) is 23.7 Å². The SMILES string of the molecule is CC(=O)O[C@@H]1[C@@H](OC(C)=O)[C@H](OC(C)=O)CS[C@H]1Oc1cc(-c2ccnc(C)c2)ccc1Cl. The first-order valence-electron chi connectivity index (χ1n) is 10.2. The molecule has 0 aliphatic carbocycles. The molecule has 2 aromatic rings. The number of aryl methyl sites for hydroxylation is 1. The molecule has 8 nitrogen and oxygen atoms in total. The van der Waals surface area contributed by atoms with Gasteiger partial charge in [0.1, 0.15) is 5.75 Å². The van der Waals surface area contributed by atoms with Crippen molar-refractivity contribution < 1.29 is 33.3 Å². The molecule has 10 heteroatoms. The van der Waals surface area contributed by atoms with Crippen molar-refractivity contribution in [1.29, 1.82) is 0 Å². The Kier molecular flexibility index (Phi) is 8.20. The van der Waals surface area contributed by atoms with Crippen LogP contribution < -0.4 is 4.74 Å². The van der Waals surface area contributed by atoms with Crippen LogP contribution >= 0.6 is 23.4 Å². The fraction of sp³-hybridized carbons (Fsp3) is 0.391. The second kappa shape index (κ2) is 10.9. The summed E-state index contributed by atoms with van der Waals surface area (Å²) in [6, 6.07) is 9.16. The summed E-state index contributed by atoms with van der Waals surface area (Å²) < 4.78 is 22.3. The number of ether oxygens (including phenoxy) is 4. The highest BCUT2D eigenvalue weighted by Gasteiger charge is 2.47. The third-order valence-electron chi connectivity index (χ3n) is 4.71. The minimum atomic E-state index is -1.04. The second-order valence-electron chi connectivity index (χ2n) is 7.45.